The van der Waals surface area contributed by atoms with Crippen LogP contribution in [0.2, 0.25) is 0 Å². The van der Waals surface area contributed by atoms with Gasteiger partial charge in [-0.3, -0.25) is 19.6 Å². The van der Waals surface area contributed by atoms with Crippen molar-refractivity contribution in [3.05, 3.63) is 56.0 Å². The number of ether oxygens (including phenoxy) is 1. The maximum absolute atomic E-state index is 14.0. The highest BCUT2D eigenvalue weighted by molar-refractivity contribution is 7.22. The molecular formula is C26H33FN6O4S. The van der Waals surface area contributed by atoms with Crippen molar-refractivity contribution in [2.75, 3.05) is 19.1 Å². The smallest absolute Gasteiger partial charge is 0.333 e. The van der Waals surface area contributed by atoms with Gasteiger partial charge in [-0.05, 0) is 56.9 Å². The summed E-state index contributed by atoms with van der Waals surface area (Å²) in [4.78, 5) is 41.2. The van der Waals surface area contributed by atoms with E-state index in [0.717, 1.165) is 22.1 Å². The molecule has 0 saturated carbocycles. The van der Waals surface area contributed by atoms with E-state index in [2.05, 4.69) is 15.8 Å². The average molecular weight is 545 g/mol. The van der Waals surface area contributed by atoms with Crippen LogP contribution < -0.4 is 26.7 Å². The van der Waals surface area contributed by atoms with Gasteiger partial charge < -0.3 is 15.5 Å². The van der Waals surface area contributed by atoms with E-state index < -0.39 is 28.5 Å². The number of hydrogen-bond acceptors (Lipinski definition) is 8. The number of nitrogens with one attached hydrogen (secondary N) is 3. The molecule has 10 nitrogen and oxygen atoms in total. The number of aryl methyl sites for hydroxylation is 3. The molecule has 0 fully saturated rings. The first-order chi connectivity index (χ1) is 17.9. The van der Waals surface area contributed by atoms with Crippen molar-refractivity contribution < 1.29 is 13.9 Å². The molecule has 3 N–H and O–H groups in total. The highest BCUT2D eigenvalue weighted by Gasteiger charge is 2.35. The molecule has 2 aromatic heterocycles. The lowest BCUT2D eigenvalue weighted by molar-refractivity contribution is -0.128. The lowest BCUT2D eigenvalue weighted by Crippen LogP contribution is -2.56. The van der Waals surface area contributed by atoms with Crippen LogP contribution in [0.4, 0.5) is 9.39 Å². The quantitative estimate of drug-likeness (QED) is 0.251. The highest BCUT2D eigenvalue weighted by Crippen LogP contribution is 2.33. The molecule has 3 aromatic rings. The van der Waals surface area contributed by atoms with Crippen molar-refractivity contribution in [2.24, 2.45) is 11.0 Å². The summed E-state index contributed by atoms with van der Waals surface area (Å²) in [5.74, 6) is -0.233. The molecule has 1 aromatic carbocycles. The number of halogens is 1. The molecule has 0 aliphatic carbocycles. The second-order valence-electron chi connectivity index (χ2n) is 9.74. The fourth-order valence-electron chi connectivity index (χ4n) is 4.07. The molecule has 0 aliphatic heterocycles. The maximum Gasteiger partial charge on any atom is 0.333 e. The number of rotatable bonds is 11. The standard InChI is InChI=1S/C26H33FN6O4S/c1-15(2)14-29-24(35)26(4,5)33-22(34)20-16(3)21(31-30-11-10-28)38-23(20)32(25(33)36)12-9-17-13-18(27)7-8-19(17)37-6/h7-8,10-11,13,15,28,31H,9,12,14H2,1-6H3,(H,29,35)/b28-10?,30-11-. The zero-order chi connectivity index (χ0) is 28.2. The summed E-state index contributed by atoms with van der Waals surface area (Å²) in [5, 5.41) is 14.7. The van der Waals surface area contributed by atoms with Gasteiger partial charge in [0.1, 0.15) is 26.9 Å². The minimum Gasteiger partial charge on any atom is -0.496 e. The third kappa shape index (κ3) is 5.69. The predicted octanol–water partition coefficient (Wildman–Crippen LogP) is 3.48. The minimum atomic E-state index is -1.49. The van der Waals surface area contributed by atoms with Gasteiger partial charge in [-0.15, -0.1) is 0 Å². The molecule has 38 heavy (non-hydrogen) atoms. The molecule has 0 spiro atoms. The Hall–Kier alpha value is -3.80. The second kappa shape index (κ2) is 11.7. The van der Waals surface area contributed by atoms with Gasteiger partial charge in [-0.1, -0.05) is 25.2 Å². The number of thiophene rings is 1. The number of benzene rings is 1. The van der Waals surface area contributed by atoms with E-state index in [1.807, 2.05) is 13.8 Å². The molecule has 204 valence electrons. The first-order valence-corrected chi connectivity index (χ1v) is 12.9. The lowest BCUT2D eigenvalue weighted by Gasteiger charge is -2.27. The monoisotopic (exact) mass is 544 g/mol. The Bertz CT molecular complexity index is 1500. The molecule has 2 heterocycles. The third-order valence-corrected chi connectivity index (χ3v) is 7.38. The van der Waals surface area contributed by atoms with Crippen LogP contribution in [0.3, 0.4) is 0 Å². The van der Waals surface area contributed by atoms with E-state index in [9.17, 15) is 18.8 Å². The van der Waals surface area contributed by atoms with Crippen LogP contribution in [0.25, 0.3) is 10.2 Å². The van der Waals surface area contributed by atoms with Crippen molar-refractivity contribution in [3.8, 4) is 5.75 Å². The van der Waals surface area contributed by atoms with E-state index in [1.54, 1.807) is 6.92 Å². The number of carbonyl (C=O) groups is 1. The first kappa shape index (κ1) is 28.8. The Morgan fingerprint density at radius 2 is 2.03 bits per heavy atom. The van der Waals surface area contributed by atoms with Crippen LogP contribution in [0.5, 0.6) is 5.75 Å². The number of amides is 1. The number of aromatic nitrogens is 2. The molecule has 0 saturated heterocycles. The van der Waals surface area contributed by atoms with Gasteiger partial charge in [-0.25, -0.2) is 13.8 Å². The van der Waals surface area contributed by atoms with Gasteiger partial charge in [-0.2, -0.15) is 5.10 Å². The van der Waals surface area contributed by atoms with Gasteiger partial charge in [0.25, 0.3) is 5.56 Å². The Morgan fingerprint density at radius 3 is 2.66 bits per heavy atom. The summed E-state index contributed by atoms with van der Waals surface area (Å²) in [6.07, 6.45) is 2.48. The third-order valence-electron chi connectivity index (χ3n) is 6.16. The molecule has 3 rings (SSSR count). The Balaban J connectivity index is 2.24. The minimum absolute atomic E-state index is 0.0995. The van der Waals surface area contributed by atoms with Crippen LogP contribution >= 0.6 is 11.3 Å². The number of nitrogens with zero attached hydrogens (tertiary/aromatic N) is 3. The number of hydrogen-bond donors (Lipinski definition) is 3. The molecule has 1 amide bonds. The zero-order valence-electron chi connectivity index (χ0n) is 22.3. The largest absolute Gasteiger partial charge is 0.496 e. The predicted molar refractivity (Wildman–Crippen MR) is 150 cm³/mol. The van der Waals surface area contributed by atoms with Crippen LogP contribution in [0.15, 0.2) is 32.9 Å². The van der Waals surface area contributed by atoms with E-state index in [1.165, 1.54) is 49.9 Å². The van der Waals surface area contributed by atoms with Crippen molar-refractivity contribution in [1.82, 2.24) is 14.5 Å². The van der Waals surface area contributed by atoms with Crippen molar-refractivity contribution >= 4 is 44.9 Å². The van der Waals surface area contributed by atoms with Gasteiger partial charge in [0.15, 0.2) is 0 Å². The Kier molecular flexibility index (Phi) is 8.87. The number of carbonyl (C=O) groups excluding carboxylic acids is 1. The number of methoxy groups -OCH3 is 1. The van der Waals surface area contributed by atoms with E-state index in [4.69, 9.17) is 10.1 Å². The fraction of sp³-hybridized carbons (Fsp3) is 0.423. The van der Waals surface area contributed by atoms with Crippen molar-refractivity contribution in [1.29, 1.82) is 5.41 Å². The van der Waals surface area contributed by atoms with E-state index >= 15 is 0 Å². The average Bonchev–Trinajstić information content (AvgIpc) is 3.18. The molecule has 0 atom stereocenters. The van der Waals surface area contributed by atoms with Crippen LogP contribution in [-0.4, -0.2) is 41.1 Å². The van der Waals surface area contributed by atoms with Gasteiger partial charge in [0, 0.05) is 24.9 Å². The molecule has 0 bridgehead atoms. The molecule has 0 radical (unpaired) electrons. The van der Waals surface area contributed by atoms with Gasteiger partial charge >= 0.3 is 5.69 Å². The van der Waals surface area contributed by atoms with Crippen LogP contribution in [0.1, 0.15) is 38.8 Å². The van der Waals surface area contributed by atoms with Gasteiger partial charge in [0.05, 0.1) is 18.7 Å². The maximum atomic E-state index is 14.0. The molecule has 12 heteroatoms. The van der Waals surface area contributed by atoms with E-state index in [-0.39, 0.29) is 24.3 Å². The molecule has 0 aliphatic rings. The number of hydrazone groups is 1. The summed E-state index contributed by atoms with van der Waals surface area (Å²) >= 11 is 1.16. The summed E-state index contributed by atoms with van der Waals surface area (Å²) in [7, 11) is 1.48. The summed E-state index contributed by atoms with van der Waals surface area (Å²) in [6, 6.07) is 4.16. The first-order valence-electron chi connectivity index (χ1n) is 12.1. The van der Waals surface area contributed by atoms with Gasteiger partial charge in [0.2, 0.25) is 5.91 Å². The molecule has 0 unspecified atom stereocenters. The van der Waals surface area contributed by atoms with Crippen LogP contribution in [-0.2, 0) is 23.3 Å². The highest BCUT2D eigenvalue weighted by atomic mass is 32.1. The fourth-order valence-corrected chi connectivity index (χ4v) is 5.23. The van der Waals surface area contributed by atoms with Crippen LogP contribution in [0, 0.1) is 24.1 Å². The lowest BCUT2D eigenvalue weighted by atomic mass is 10.0. The summed E-state index contributed by atoms with van der Waals surface area (Å²) < 4.78 is 21.8. The number of anilines is 1. The Labute approximate surface area is 223 Å². The van der Waals surface area contributed by atoms with E-state index in [0.29, 0.717) is 33.3 Å². The zero-order valence-corrected chi connectivity index (χ0v) is 23.2. The van der Waals surface area contributed by atoms with Crippen molar-refractivity contribution in [3.63, 3.8) is 0 Å². The van der Waals surface area contributed by atoms with Crippen molar-refractivity contribution in [2.45, 2.75) is 53.1 Å². The summed E-state index contributed by atoms with van der Waals surface area (Å²) in [6.45, 7) is 9.18. The SMILES string of the molecule is COc1ccc(F)cc1CCn1c(=O)n(C(C)(C)C(=O)NCC(C)C)c(=O)c2c(C)c(N/N=C\C=N)sc21. The normalized spacial score (nSPS) is 11.9. The Morgan fingerprint density at radius 1 is 1.32 bits per heavy atom. The number of fused-ring (bicyclic) bond motifs is 1. The second-order valence-corrected chi connectivity index (χ2v) is 10.7. The summed E-state index contributed by atoms with van der Waals surface area (Å²) in [5.41, 5.74) is 1.19. The topological polar surface area (TPSA) is 131 Å². The molecular weight excluding hydrogens is 511 g/mol.